The van der Waals surface area contributed by atoms with Crippen LogP contribution in [0.5, 0.6) is 0 Å². The summed E-state index contributed by atoms with van der Waals surface area (Å²) in [5.74, 6) is -0.0980. The molecular weight excluding hydrogens is 504 g/mol. The van der Waals surface area contributed by atoms with Crippen LogP contribution in [0.3, 0.4) is 0 Å². The number of fused-ring (bicyclic) bond motifs is 3. The average molecular weight is 535 g/mol. The van der Waals surface area contributed by atoms with Crippen LogP contribution in [0.4, 0.5) is 0 Å². The van der Waals surface area contributed by atoms with Crippen LogP contribution >= 0.6 is 0 Å². The number of hydrogen-bond acceptors (Lipinski definition) is 5. The van der Waals surface area contributed by atoms with Gasteiger partial charge in [0.2, 0.25) is 0 Å². The van der Waals surface area contributed by atoms with E-state index in [0.717, 1.165) is 39.6 Å². The quantitative estimate of drug-likeness (QED) is 0.0863. The normalized spacial score (nSPS) is 11.7. The van der Waals surface area contributed by atoms with Gasteiger partial charge >= 0.3 is 5.97 Å². The zero-order chi connectivity index (χ0) is 28.6. The highest BCUT2D eigenvalue weighted by molar-refractivity contribution is 6.16. The van der Waals surface area contributed by atoms with Gasteiger partial charge in [-0.25, -0.2) is 4.79 Å². The Balaban J connectivity index is 1.56. The Labute approximate surface area is 232 Å². The zero-order valence-electron chi connectivity index (χ0n) is 23.1. The highest BCUT2D eigenvalue weighted by atomic mass is 16.7. The van der Waals surface area contributed by atoms with E-state index < -0.39 is 5.97 Å². The van der Waals surface area contributed by atoms with Crippen LogP contribution in [-0.2, 0) is 16.2 Å². The van der Waals surface area contributed by atoms with Crippen molar-refractivity contribution in [3.63, 3.8) is 0 Å². The van der Waals surface area contributed by atoms with Crippen molar-refractivity contribution in [3.8, 4) is 5.69 Å². The maximum Gasteiger partial charge on any atom is 0.332 e. The summed E-state index contributed by atoms with van der Waals surface area (Å²) in [7, 11) is 3.67. The summed E-state index contributed by atoms with van der Waals surface area (Å²) in [6, 6.07) is 22.6. The molecule has 0 fully saturated rings. The van der Waals surface area contributed by atoms with Crippen molar-refractivity contribution in [1.82, 2.24) is 14.0 Å². The van der Waals surface area contributed by atoms with E-state index in [-0.39, 0.29) is 11.6 Å². The van der Waals surface area contributed by atoms with Crippen molar-refractivity contribution in [1.29, 1.82) is 0 Å². The minimum absolute atomic E-state index is 0.0248. The van der Waals surface area contributed by atoms with Crippen LogP contribution in [0, 0.1) is 0 Å². The van der Waals surface area contributed by atoms with Gasteiger partial charge in [0.1, 0.15) is 0 Å². The van der Waals surface area contributed by atoms with Crippen molar-refractivity contribution >= 4 is 45.2 Å². The van der Waals surface area contributed by atoms with Crippen molar-refractivity contribution < 1.29 is 19.2 Å². The standard InChI is InChI=1S/C32H30N4O4/c1-6-35-29-15-11-23(31(39)22-9-13-25(14-10-22)36-17-7-8-28(36)20(2)37)18-26(29)27-19-24(12-16-30(27)35)32(34(4)5)33-40-21(3)38/h7-19H,6H2,1-5H3. The molecular formula is C32H30N4O4. The molecule has 0 saturated heterocycles. The predicted octanol–water partition coefficient (Wildman–Crippen LogP) is 5.83. The van der Waals surface area contributed by atoms with Gasteiger partial charge in [0.25, 0.3) is 0 Å². The monoisotopic (exact) mass is 534 g/mol. The fraction of sp³-hybridized carbons (Fsp3) is 0.188. The Morgan fingerprint density at radius 3 is 2.00 bits per heavy atom. The summed E-state index contributed by atoms with van der Waals surface area (Å²) in [4.78, 5) is 43.6. The van der Waals surface area contributed by atoms with Crippen LogP contribution in [0.25, 0.3) is 27.5 Å². The van der Waals surface area contributed by atoms with Gasteiger partial charge in [-0.3, -0.25) is 9.59 Å². The molecule has 0 aliphatic rings. The van der Waals surface area contributed by atoms with Crippen molar-refractivity contribution in [2.24, 2.45) is 5.16 Å². The molecule has 202 valence electrons. The molecule has 0 atom stereocenters. The number of amidine groups is 1. The number of hydrogen-bond donors (Lipinski definition) is 0. The molecule has 40 heavy (non-hydrogen) atoms. The fourth-order valence-electron chi connectivity index (χ4n) is 5.06. The molecule has 2 aromatic heterocycles. The van der Waals surface area contributed by atoms with Crippen LogP contribution in [0.15, 0.2) is 84.1 Å². The second-order valence-electron chi connectivity index (χ2n) is 9.80. The van der Waals surface area contributed by atoms with Gasteiger partial charge in [-0.1, -0.05) is 5.16 Å². The van der Waals surface area contributed by atoms with E-state index in [0.29, 0.717) is 22.7 Å². The minimum Gasteiger partial charge on any atom is -0.360 e. The third-order valence-corrected chi connectivity index (χ3v) is 6.90. The molecule has 0 spiro atoms. The molecule has 0 N–H and O–H groups in total. The first-order valence-corrected chi connectivity index (χ1v) is 13.0. The summed E-state index contributed by atoms with van der Waals surface area (Å²) < 4.78 is 4.02. The van der Waals surface area contributed by atoms with E-state index in [1.807, 2.05) is 79.5 Å². The average Bonchev–Trinajstić information content (AvgIpc) is 3.55. The number of aromatic nitrogens is 2. The first-order chi connectivity index (χ1) is 19.2. The fourth-order valence-corrected chi connectivity index (χ4v) is 5.06. The number of benzene rings is 3. The van der Waals surface area contributed by atoms with Crippen LogP contribution in [0.1, 0.15) is 52.7 Å². The lowest BCUT2D eigenvalue weighted by molar-refractivity contribution is -0.141. The first kappa shape index (κ1) is 26.6. The number of rotatable bonds is 7. The largest absolute Gasteiger partial charge is 0.360 e. The summed E-state index contributed by atoms with van der Waals surface area (Å²) >= 11 is 0. The summed E-state index contributed by atoms with van der Waals surface area (Å²) in [6.45, 7) is 5.69. The number of carbonyl (C=O) groups is 3. The number of ketones is 2. The molecule has 0 aliphatic heterocycles. The van der Waals surface area contributed by atoms with Gasteiger partial charge in [-0.2, -0.15) is 0 Å². The van der Waals surface area contributed by atoms with E-state index >= 15 is 0 Å². The molecule has 2 heterocycles. The van der Waals surface area contributed by atoms with Crippen LogP contribution < -0.4 is 0 Å². The molecule has 0 unspecified atom stereocenters. The second kappa shape index (κ2) is 10.6. The van der Waals surface area contributed by atoms with Crippen molar-refractivity contribution in [2.75, 3.05) is 14.1 Å². The molecule has 3 aromatic carbocycles. The maximum absolute atomic E-state index is 13.5. The zero-order valence-corrected chi connectivity index (χ0v) is 23.1. The lowest BCUT2D eigenvalue weighted by Gasteiger charge is -2.15. The number of oxime groups is 1. The Bertz CT molecular complexity index is 1810. The van der Waals surface area contributed by atoms with E-state index in [4.69, 9.17) is 4.84 Å². The molecule has 8 heteroatoms. The third kappa shape index (κ3) is 4.80. The van der Waals surface area contributed by atoms with Crippen LogP contribution in [-0.4, -0.2) is 51.5 Å². The predicted molar refractivity (Wildman–Crippen MR) is 156 cm³/mol. The Hall–Kier alpha value is -4.98. The molecule has 5 aromatic rings. The molecule has 0 aliphatic carbocycles. The van der Waals surface area contributed by atoms with E-state index in [2.05, 4.69) is 16.6 Å². The van der Waals surface area contributed by atoms with Crippen LogP contribution in [0.2, 0.25) is 0 Å². The maximum atomic E-state index is 13.5. The summed E-state index contributed by atoms with van der Waals surface area (Å²) in [5, 5.41) is 5.97. The van der Waals surface area contributed by atoms with Gasteiger partial charge < -0.3 is 18.9 Å². The number of Topliss-reactive ketones (excluding diaryl/α,β-unsaturated/α-hetero) is 1. The first-order valence-electron chi connectivity index (χ1n) is 13.0. The number of nitrogens with zero attached hydrogens (tertiary/aromatic N) is 4. The summed E-state index contributed by atoms with van der Waals surface area (Å²) in [5.41, 5.74) is 5.38. The Morgan fingerprint density at radius 1 is 0.825 bits per heavy atom. The highest BCUT2D eigenvalue weighted by Crippen LogP contribution is 2.32. The molecule has 5 rings (SSSR count). The van der Waals surface area contributed by atoms with E-state index in [1.165, 1.54) is 13.8 Å². The second-order valence-corrected chi connectivity index (χ2v) is 9.80. The smallest absolute Gasteiger partial charge is 0.332 e. The van der Waals surface area contributed by atoms with Gasteiger partial charge in [-0.15, -0.1) is 0 Å². The molecule has 8 nitrogen and oxygen atoms in total. The van der Waals surface area contributed by atoms with Gasteiger partial charge in [0.05, 0.1) is 5.69 Å². The third-order valence-electron chi connectivity index (χ3n) is 6.90. The highest BCUT2D eigenvalue weighted by Gasteiger charge is 2.17. The summed E-state index contributed by atoms with van der Waals surface area (Å²) in [6.07, 6.45) is 1.83. The topological polar surface area (TPSA) is 85.9 Å². The SMILES string of the molecule is CCn1c2ccc(C(=O)c3ccc(-n4cccc4C(C)=O)cc3)cc2c2cc(C(=NOC(C)=O)N(C)C)ccc21. The number of aryl methyl sites for hydroxylation is 1. The molecule has 0 radical (unpaired) electrons. The molecule has 0 saturated carbocycles. The minimum atomic E-state index is -0.494. The lowest BCUT2D eigenvalue weighted by Crippen LogP contribution is -2.23. The molecule has 0 bridgehead atoms. The Kier molecular flexibility index (Phi) is 7.09. The van der Waals surface area contributed by atoms with Crippen molar-refractivity contribution in [3.05, 3.63) is 101 Å². The van der Waals surface area contributed by atoms with Gasteiger partial charge in [-0.05, 0) is 79.7 Å². The van der Waals surface area contributed by atoms with E-state index in [1.54, 1.807) is 23.1 Å². The lowest BCUT2D eigenvalue weighted by atomic mass is 10.0. The van der Waals surface area contributed by atoms with Gasteiger partial charge in [0, 0.05) is 84.9 Å². The molecule has 0 amide bonds. The number of carbonyl (C=O) groups excluding carboxylic acids is 3. The Morgan fingerprint density at radius 2 is 1.43 bits per heavy atom. The van der Waals surface area contributed by atoms with Gasteiger partial charge in [0.15, 0.2) is 17.4 Å². The van der Waals surface area contributed by atoms with Crippen molar-refractivity contribution in [2.45, 2.75) is 27.3 Å². The van der Waals surface area contributed by atoms with E-state index in [9.17, 15) is 14.4 Å².